The molecule has 0 saturated heterocycles. The van der Waals surface area contributed by atoms with E-state index in [0.717, 1.165) is 44.7 Å². The monoisotopic (exact) mass is 259 g/mol. The van der Waals surface area contributed by atoms with E-state index in [2.05, 4.69) is 38.6 Å². The molecule has 19 heavy (non-hydrogen) atoms. The lowest BCUT2D eigenvalue weighted by atomic mass is 10.0. The summed E-state index contributed by atoms with van der Waals surface area (Å²) in [6.45, 7) is 5.38. The number of hydrogen-bond donors (Lipinski definition) is 1. The van der Waals surface area contributed by atoms with Crippen LogP contribution >= 0.6 is 0 Å². The molecule has 3 rings (SSSR count). The highest BCUT2D eigenvalue weighted by Gasteiger charge is 2.21. The SMILES string of the molecule is CCc1n[nH]c2c1CN(CCc1nccn1C)CC2. The topological polar surface area (TPSA) is 49.7 Å². The second-order valence-electron chi connectivity index (χ2n) is 5.21. The summed E-state index contributed by atoms with van der Waals surface area (Å²) < 4.78 is 2.10. The van der Waals surface area contributed by atoms with Crippen molar-refractivity contribution in [3.63, 3.8) is 0 Å². The van der Waals surface area contributed by atoms with Crippen molar-refractivity contribution in [2.75, 3.05) is 13.1 Å². The van der Waals surface area contributed by atoms with Crippen LogP contribution in [0.2, 0.25) is 0 Å². The van der Waals surface area contributed by atoms with Crippen LogP contribution in [0.15, 0.2) is 12.4 Å². The van der Waals surface area contributed by atoms with E-state index in [0.29, 0.717) is 0 Å². The van der Waals surface area contributed by atoms with E-state index in [-0.39, 0.29) is 0 Å². The molecule has 2 aromatic rings. The van der Waals surface area contributed by atoms with Gasteiger partial charge in [0.05, 0.1) is 5.69 Å². The third kappa shape index (κ3) is 2.42. The second kappa shape index (κ2) is 5.17. The second-order valence-corrected chi connectivity index (χ2v) is 5.21. The van der Waals surface area contributed by atoms with Crippen LogP contribution in [0, 0.1) is 0 Å². The van der Waals surface area contributed by atoms with Crippen molar-refractivity contribution in [2.24, 2.45) is 7.05 Å². The molecule has 2 aromatic heterocycles. The van der Waals surface area contributed by atoms with Gasteiger partial charge in [0.25, 0.3) is 0 Å². The van der Waals surface area contributed by atoms with Crippen molar-refractivity contribution < 1.29 is 0 Å². The minimum absolute atomic E-state index is 1.01. The van der Waals surface area contributed by atoms with Crippen molar-refractivity contribution in [1.29, 1.82) is 0 Å². The fourth-order valence-corrected chi connectivity index (χ4v) is 2.79. The van der Waals surface area contributed by atoms with Crippen LogP contribution in [0.4, 0.5) is 0 Å². The quantitative estimate of drug-likeness (QED) is 0.900. The number of aromatic nitrogens is 4. The molecule has 0 amide bonds. The average Bonchev–Trinajstić information content (AvgIpc) is 3.02. The first kappa shape index (κ1) is 12.4. The number of imidazole rings is 1. The van der Waals surface area contributed by atoms with Crippen LogP contribution < -0.4 is 0 Å². The highest BCUT2D eigenvalue weighted by atomic mass is 15.2. The van der Waals surface area contributed by atoms with Crippen LogP contribution in [0.3, 0.4) is 0 Å². The zero-order valence-electron chi connectivity index (χ0n) is 11.7. The van der Waals surface area contributed by atoms with Crippen LogP contribution in [0.25, 0.3) is 0 Å². The van der Waals surface area contributed by atoms with Crippen molar-refractivity contribution in [3.05, 3.63) is 35.2 Å². The highest BCUT2D eigenvalue weighted by molar-refractivity contribution is 5.27. The molecule has 1 aliphatic rings. The van der Waals surface area contributed by atoms with Gasteiger partial charge in [-0.25, -0.2) is 4.98 Å². The number of hydrogen-bond acceptors (Lipinski definition) is 3. The van der Waals surface area contributed by atoms with E-state index in [1.165, 1.54) is 17.0 Å². The largest absolute Gasteiger partial charge is 0.338 e. The molecule has 5 nitrogen and oxygen atoms in total. The molecule has 0 aromatic carbocycles. The molecule has 0 radical (unpaired) electrons. The summed E-state index contributed by atoms with van der Waals surface area (Å²) in [5.41, 5.74) is 4.00. The Bertz CT molecular complexity index is 540. The Hall–Kier alpha value is -1.62. The van der Waals surface area contributed by atoms with Gasteiger partial charge in [0.1, 0.15) is 5.82 Å². The molecule has 0 aliphatic carbocycles. The molecule has 1 N–H and O–H groups in total. The summed E-state index contributed by atoms with van der Waals surface area (Å²) in [5, 5.41) is 7.59. The summed E-state index contributed by atoms with van der Waals surface area (Å²) >= 11 is 0. The smallest absolute Gasteiger partial charge is 0.109 e. The Kier molecular flexibility index (Phi) is 3.38. The van der Waals surface area contributed by atoms with Gasteiger partial charge in [-0.15, -0.1) is 0 Å². The third-order valence-corrected chi connectivity index (χ3v) is 4.01. The van der Waals surface area contributed by atoms with Gasteiger partial charge >= 0.3 is 0 Å². The summed E-state index contributed by atoms with van der Waals surface area (Å²) in [7, 11) is 2.06. The van der Waals surface area contributed by atoms with Crippen molar-refractivity contribution in [1.82, 2.24) is 24.6 Å². The van der Waals surface area contributed by atoms with Crippen molar-refractivity contribution >= 4 is 0 Å². The first-order chi connectivity index (χ1) is 9.28. The minimum Gasteiger partial charge on any atom is -0.338 e. The van der Waals surface area contributed by atoms with E-state index in [9.17, 15) is 0 Å². The third-order valence-electron chi connectivity index (χ3n) is 4.01. The summed E-state index contributed by atoms with van der Waals surface area (Å²) in [4.78, 5) is 6.89. The van der Waals surface area contributed by atoms with Crippen molar-refractivity contribution in [2.45, 2.75) is 32.7 Å². The van der Waals surface area contributed by atoms with Gasteiger partial charge in [-0.1, -0.05) is 6.92 Å². The van der Waals surface area contributed by atoms with Crippen LogP contribution in [0.5, 0.6) is 0 Å². The van der Waals surface area contributed by atoms with Crippen molar-refractivity contribution in [3.8, 4) is 0 Å². The Labute approximate surface area is 113 Å². The molecule has 0 fully saturated rings. The zero-order chi connectivity index (χ0) is 13.2. The Morgan fingerprint density at radius 3 is 3.05 bits per heavy atom. The molecular weight excluding hydrogens is 238 g/mol. The van der Waals surface area contributed by atoms with Crippen LogP contribution in [-0.4, -0.2) is 37.7 Å². The lowest BCUT2D eigenvalue weighted by Crippen LogP contribution is -2.32. The molecule has 0 spiro atoms. The molecule has 0 saturated carbocycles. The summed E-state index contributed by atoms with van der Waals surface area (Å²) in [5.74, 6) is 1.16. The molecule has 5 heteroatoms. The lowest BCUT2D eigenvalue weighted by Gasteiger charge is -2.26. The van der Waals surface area contributed by atoms with Crippen LogP contribution in [-0.2, 0) is 32.9 Å². The van der Waals surface area contributed by atoms with E-state index in [4.69, 9.17) is 0 Å². The van der Waals surface area contributed by atoms with Crippen LogP contribution in [0.1, 0.15) is 29.7 Å². The van der Waals surface area contributed by atoms with Gasteiger partial charge in [0.15, 0.2) is 0 Å². The molecule has 0 atom stereocenters. The number of aryl methyl sites for hydroxylation is 2. The number of H-pyrrole nitrogens is 1. The van der Waals surface area contributed by atoms with E-state index < -0.39 is 0 Å². The van der Waals surface area contributed by atoms with E-state index >= 15 is 0 Å². The number of nitrogens with one attached hydrogen (secondary N) is 1. The highest BCUT2D eigenvalue weighted by Crippen LogP contribution is 2.20. The maximum atomic E-state index is 4.41. The van der Waals surface area contributed by atoms with Gasteiger partial charge in [-0.2, -0.15) is 5.10 Å². The first-order valence-electron chi connectivity index (χ1n) is 7.01. The maximum Gasteiger partial charge on any atom is 0.109 e. The molecule has 3 heterocycles. The normalized spacial score (nSPS) is 15.7. The first-order valence-corrected chi connectivity index (χ1v) is 7.01. The number of nitrogens with zero attached hydrogens (tertiary/aromatic N) is 4. The Morgan fingerprint density at radius 1 is 1.42 bits per heavy atom. The van der Waals surface area contributed by atoms with Gasteiger partial charge in [0, 0.05) is 63.2 Å². The van der Waals surface area contributed by atoms with Gasteiger partial charge in [0.2, 0.25) is 0 Å². The average molecular weight is 259 g/mol. The lowest BCUT2D eigenvalue weighted by molar-refractivity contribution is 0.253. The Morgan fingerprint density at radius 2 is 2.32 bits per heavy atom. The predicted molar refractivity (Wildman–Crippen MR) is 73.9 cm³/mol. The number of fused-ring (bicyclic) bond motifs is 1. The zero-order valence-corrected chi connectivity index (χ0v) is 11.7. The fraction of sp³-hybridized carbons (Fsp3) is 0.571. The van der Waals surface area contributed by atoms with E-state index in [1.807, 2.05) is 12.4 Å². The molecule has 0 unspecified atom stereocenters. The number of rotatable bonds is 4. The fourth-order valence-electron chi connectivity index (χ4n) is 2.79. The van der Waals surface area contributed by atoms with Gasteiger partial charge in [-0.05, 0) is 6.42 Å². The van der Waals surface area contributed by atoms with Gasteiger partial charge in [-0.3, -0.25) is 10.00 Å². The summed E-state index contributed by atoms with van der Waals surface area (Å²) in [6, 6.07) is 0. The summed E-state index contributed by atoms with van der Waals surface area (Å²) in [6.07, 6.45) is 6.99. The minimum atomic E-state index is 1.01. The van der Waals surface area contributed by atoms with Gasteiger partial charge < -0.3 is 4.57 Å². The molecule has 0 bridgehead atoms. The Balaban J connectivity index is 1.64. The molecular formula is C14H21N5. The molecule has 102 valence electrons. The molecule has 1 aliphatic heterocycles. The van der Waals surface area contributed by atoms with E-state index in [1.54, 1.807) is 0 Å². The number of aromatic amines is 1. The maximum absolute atomic E-state index is 4.41. The predicted octanol–water partition coefficient (Wildman–Crippen LogP) is 1.31. The standard InChI is InChI=1S/C14H21N5/c1-3-12-11-10-19(7-4-13(11)17-16-12)8-5-14-15-6-9-18(14)2/h6,9H,3-5,7-8,10H2,1-2H3,(H,16,17).